The molecule has 0 saturated carbocycles. The SMILES string of the molecule is COc1ccc(OC)c(C(O)CNC(=O)NCc2cccnc2)c1. The minimum atomic E-state index is -0.917. The first-order valence-corrected chi connectivity index (χ1v) is 7.44. The van der Waals surface area contributed by atoms with E-state index < -0.39 is 6.10 Å². The molecule has 0 spiro atoms. The highest BCUT2D eigenvalue weighted by Crippen LogP contribution is 2.28. The van der Waals surface area contributed by atoms with E-state index >= 15 is 0 Å². The van der Waals surface area contributed by atoms with Crippen molar-refractivity contribution in [3.63, 3.8) is 0 Å². The molecule has 7 nitrogen and oxygen atoms in total. The summed E-state index contributed by atoms with van der Waals surface area (Å²) in [5, 5.41) is 15.6. The van der Waals surface area contributed by atoms with E-state index in [4.69, 9.17) is 9.47 Å². The number of benzene rings is 1. The van der Waals surface area contributed by atoms with Crippen molar-refractivity contribution in [3.05, 3.63) is 53.9 Å². The maximum atomic E-state index is 11.8. The van der Waals surface area contributed by atoms with E-state index in [1.807, 2.05) is 6.07 Å². The zero-order chi connectivity index (χ0) is 17.4. The second-order valence-electron chi connectivity index (χ2n) is 5.05. The highest BCUT2D eigenvalue weighted by Gasteiger charge is 2.15. The van der Waals surface area contributed by atoms with Gasteiger partial charge in [0.05, 0.1) is 14.2 Å². The lowest BCUT2D eigenvalue weighted by molar-refractivity contribution is 0.169. The quantitative estimate of drug-likeness (QED) is 0.717. The Morgan fingerprint density at radius 2 is 2.08 bits per heavy atom. The van der Waals surface area contributed by atoms with Crippen LogP contribution in [0.1, 0.15) is 17.2 Å². The third kappa shape index (κ3) is 4.85. The number of amides is 2. The molecule has 1 unspecified atom stereocenters. The zero-order valence-electron chi connectivity index (χ0n) is 13.7. The summed E-state index contributed by atoms with van der Waals surface area (Å²) in [6, 6.07) is 8.42. The molecule has 2 aromatic rings. The molecule has 0 aliphatic carbocycles. The van der Waals surface area contributed by atoms with E-state index in [1.165, 1.54) is 7.11 Å². The average molecular weight is 331 g/mol. The molecule has 1 aromatic carbocycles. The van der Waals surface area contributed by atoms with Crippen LogP contribution in [0, 0.1) is 0 Å². The minimum absolute atomic E-state index is 0.0440. The molecule has 2 rings (SSSR count). The summed E-state index contributed by atoms with van der Waals surface area (Å²) in [6.07, 6.45) is 2.43. The Balaban J connectivity index is 1.88. The van der Waals surface area contributed by atoms with Crippen LogP contribution in [0.15, 0.2) is 42.7 Å². The Bertz CT molecular complexity index is 664. The number of carbonyl (C=O) groups excluding carboxylic acids is 1. The predicted octanol–water partition coefficient (Wildman–Crippen LogP) is 1.63. The van der Waals surface area contributed by atoms with E-state index in [1.54, 1.807) is 43.8 Å². The van der Waals surface area contributed by atoms with E-state index in [0.717, 1.165) is 5.56 Å². The summed E-state index contributed by atoms with van der Waals surface area (Å²) in [5.41, 5.74) is 1.44. The number of hydrogen-bond donors (Lipinski definition) is 3. The molecular weight excluding hydrogens is 310 g/mol. The lowest BCUT2D eigenvalue weighted by Gasteiger charge is -2.16. The topological polar surface area (TPSA) is 92.7 Å². The summed E-state index contributed by atoms with van der Waals surface area (Å²) in [6.45, 7) is 0.403. The number of rotatable bonds is 7. The van der Waals surface area contributed by atoms with Crippen LogP contribution in [0.3, 0.4) is 0 Å². The molecule has 7 heteroatoms. The van der Waals surface area contributed by atoms with Crippen molar-refractivity contribution in [2.45, 2.75) is 12.6 Å². The Hall–Kier alpha value is -2.80. The van der Waals surface area contributed by atoms with Crippen molar-refractivity contribution in [1.29, 1.82) is 0 Å². The summed E-state index contributed by atoms with van der Waals surface area (Å²) in [7, 11) is 3.06. The first kappa shape index (κ1) is 17.6. The standard InChI is InChI=1S/C17H21N3O4/c1-23-13-5-6-16(24-2)14(8-13)15(21)11-20-17(22)19-10-12-4-3-7-18-9-12/h3-9,15,21H,10-11H2,1-2H3,(H2,19,20,22). The van der Waals surface area contributed by atoms with E-state index in [2.05, 4.69) is 15.6 Å². The molecule has 1 heterocycles. The highest BCUT2D eigenvalue weighted by atomic mass is 16.5. The smallest absolute Gasteiger partial charge is 0.315 e. The first-order valence-electron chi connectivity index (χ1n) is 7.44. The fourth-order valence-electron chi connectivity index (χ4n) is 2.15. The predicted molar refractivity (Wildman–Crippen MR) is 89.0 cm³/mol. The largest absolute Gasteiger partial charge is 0.497 e. The molecular formula is C17H21N3O4. The van der Waals surface area contributed by atoms with Gasteiger partial charge in [0.2, 0.25) is 0 Å². The van der Waals surface area contributed by atoms with Gasteiger partial charge in [0.25, 0.3) is 0 Å². The van der Waals surface area contributed by atoms with Crippen molar-refractivity contribution in [2.75, 3.05) is 20.8 Å². The number of aliphatic hydroxyl groups excluding tert-OH is 1. The maximum Gasteiger partial charge on any atom is 0.315 e. The lowest BCUT2D eigenvalue weighted by Crippen LogP contribution is -2.37. The number of nitrogens with zero attached hydrogens (tertiary/aromatic N) is 1. The number of urea groups is 1. The Morgan fingerprint density at radius 3 is 2.75 bits per heavy atom. The van der Waals surface area contributed by atoms with Gasteiger partial charge in [-0.25, -0.2) is 4.79 Å². The van der Waals surface area contributed by atoms with Gasteiger partial charge in [-0.15, -0.1) is 0 Å². The van der Waals surface area contributed by atoms with Crippen LogP contribution < -0.4 is 20.1 Å². The van der Waals surface area contributed by atoms with Crippen molar-refractivity contribution in [1.82, 2.24) is 15.6 Å². The molecule has 128 valence electrons. The van der Waals surface area contributed by atoms with Crippen molar-refractivity contribution in [3.8, 4) is 11.5 Å². The molecule has 0 saturated heterocycles. The van der Waals surface area contributed by atoms with E-state index in [0.29, 0.717) is 23.6 Å². The van der Waals surface area contributed by atoms with Crippen LogP contribution in [0.2, 0.25) is 0 Å². The fraction of sp³-hybridized carbons (Fsp3) is 0.294. The van der Waals surface area contributed by atoms with Crippen LogP contribution in [0.25, 0.3) is 0 Å². The van der Waals surface area contributed by atoms with Crippen molar-refractivity contribution in [2.24, 2.45) is 0 Å². The molecule has 2 amide bonds. The molecule has 1 aromatic heterocycles. The van der Waals surface area contributed by atoms with Crippen LogP contribution in [0.5, 0.6) is 11.5 Å². The molecule has 1 atom stereocenters. The average Bonchev–Trinajstić information content (AvgIpc) is 2.64. The van der Waals surface area contributed by atoms with Gasteiger partial charge in [0, 0.05) is 31.0 Å². The van der Waals surface area contributed by atoms with Crippen LogP contribution >= 0.6 is 0 Å². The van der Waals surface area contributed by atoms with Gasteiger partial charge in [-0.1, -0.05) is 6.07 Å². The van der Waals surface area contributed by atoms with Crippen LogP contribution in [0.4, 0.5) is 4.79 Å². The van der Waals surface area contributed by atoms with Crippen molar-refractivity contribution < 1.29 is 19.4 Å². The summed E-state index contributed by atoms with van der Waals surface area (Å²) in [5.74, 6) is 1.13. The third-order valence-corrected chi connectivity index (χ3v) is 3.43. The summed E-state index contributed by atoms with van der Waals surface area (Å²) in [4.78, 5) is 15.8. The number of nitrogens with one attached hydrogen (secondary N) is 2. The summed E-state index contributed by atoms with van der Waals surface area (Å²) >= 11 is 0. The fourth-order valence-corrected chi connectivity index (χ4v) is 2.15. The monoisotopic (exact) mass is 331 g/mol. The van der Waals surface area contributed by atoms with Crippen molar-refractivity contribution >= 4 is 6.03 Å². The number of methoxy groups -OCH3 is 2. The molecule has 0 aliphatic heterocycles. The number of hydrogen-bond acceptors (Lipinski definition) is 5. The summed E-state index contributed by atoms with van der Waals surface area (Å²) < 4.78 is 10.4. The molecule has 24 heavy (non-hydrogen) atoms. The minimum Gasteiger partial charge on any atom is -0.497 e. The van der Waals surface area contributed by atoms with Gasteiger partial charge < -0.3 is 25.2 Å². The number of aliphatic hydroxyl groups is 1. The van der Waals surface area contributed by atoms with Gasteiger partial charge >= 0.3 is 6.03 Å². The number of aromatic nitrogens is 1. The Kier molecular flexibility index (Phi) is 6.39. The number of carbonyl (C=O) groups is 1. The number of pyridine rings is 1. The zero-order valence-corrected chi connectivity index (χ0v) is 13.7. The van der Waals surface area contributed by atoms with Gasteiger partial charge in [0.1, 0.15) is 17.6 Å². The molecule has 0 bridgehead atoms. The number of ether oxygens (including phenoxy) is 2. The first-order chi connectivity index (χ1) is 11.6. The van der Waals surface area contributed by atoms with E-state index in [-0.39, 0.29) is 12.6 Å². The highest BCUT2D eigenvalue weighted by molar-refractivity contribution is 5.73. The van der Waals surface area contributed by atoms with Gasteiger partial charge in [-0.3, -0.25) is 4.98 Å². The maximum absolute atomic E-state index is 11.8. The van der Waals surface area contributed by atoms with Crippen LogP contribution in [-0.2, 0) is 6.54 Å². The van der Waals surface area contributed by atoms with Gasteiger partial charge in [-0.05, 0) is 29.8 Å². The molecule has 0 aliphatic rings. The second-order valence-corrected chi connectivity index (χ2v) is 5.05. The normalized spacial score (nSPS) is 11.5. The lowest BCUT2D eigenvalue weighted by atomic mass is 10.1. The van der Waals surface area contributed by atoms with Crippen LogP contribution in [-0.4, -0.2) is 36.9 Å². The van der Waals surface area contributed by atoms with E-state index in [9.17, 15) is 9.90 Å². The third-order valence-electron chi connectivity index (χ3n) is 3.43. The molecule has 0 fully saturated rings. The molecule has 0 radical (unpaired) electrons. The second kappa shape index (κ2) is 8.73. The van der Waals surface area contributed by atoms with Gasteiger partial charge in [-0.2, -0.15) is 0 Å². The van der Waals surface area contributed by atoms with Gasteiger partial charge in [0.15, 0.2) is 0 Å². The molecule has 3 N–H and O–H groups in total. The Labute approximate surface area is 140 Å². The Morgan fingerprint density at radius 1 is 1.25 bits per heavy atom.